The first-order valence-electron chi connectivity index (χ1n) is 5.58. The average molecular weight is 348 g/mol. The Bertz CT molecular complexity index is 360. The first kappa shape index (κ1) is 12.4. The van der Waals surface area contributed by atoms with E-state index in [4.69, 9.17) is 0 Å². The van der Waals surface area contributed by atoms with Crippen molar-refractivity contribution in [1.82, 2.24) is 5.32 Å². The zero-order chi connectivity index (χ0) is 11.5. The monoisotopic (exact) mass is 346 g/mol. The van der Waals surface area contributed by atoms with Crippen molar-refractivity contribution in [2.45, 2.75) is 18.9 Å². The summed E-state index contributed by atoms with van der Waals surface area (Å²) in [7, 11) is 2.05. The highest BCUT2D eigenvalue weighted by Gasteiger charge is 2.19. The van der Waals surface area contributed by atoms with Crippen LogP contribution in [0.4, 0.5) is 5.69 Å². The molecule has 88 valence electrons. The van der Waals surface area contributed by atoms with Gasteiger partial charge in [0.1, 0.15) is 0 Å². The highest BCUT2D eigenvalue weighted by atomic mass is 79.9. The predicted molar refractivity (Wildman–Crippen MR) is 76.1 cm³/mol. The zero-order valence-corrected chi connectivity index (χ0v) is 12.5. The van der Waals surface area contributed by atoms with Crippen molar-refractivity contribution in [2.75, 3.05) is 25.0 Å². The van der Waals surface area contributed by atoms with Crippen molar-refractivity contribution in [2.24, 2.45) is 0 Å². The molecule has 2 nitrogen and oxygen atoms in total. The molecule has 0 atom stereocenters. The first-order valence-corrected chi connectivity index (χ1v) is 7.16. The highest BCUT2D eigenvalue weighted by molar-refractivity contribution is 9.11. The number of nitrogens with one attached hydrogen (secondary N) is 1. The number of piperidine rings is 1. The van der Waals surface area contributed by atoms with Crippen molar-refractivity contribution in [3.8, 4) is 0 Å². The van der Waals surface area contributed by atoms with E-state index in [-0.39, 0.29) is 0 Å². The minimum Gasteiger partial charge on any atom is -0.370 e. The lowest BCUT2D eigenvalue weighted by Crippen LogP contribution is -2.41. The molecule has 0 aromatic heterocycles. The van der Waals surface area contributed by atoms with Crippen LogP contribution >= 0.6 is 31.9 Å². The molecule has 0 amide bonds. The number of halogens is 2. The second kappa shape index (κ2) is 5.52. The summed E-state index contributed by atoms with van der Waals surface area (Å²) >= 11 is 7.15. The Hall–Kier alpha value is -0.0600. The average Bonchev–Trinajstić information content (AvgIpc) is 2.32. The Balaban J connectivity index is 2.10. The van der Waals surface area contributed by atoms with Gasteiger partial charge in [-0.2, -0.15) is 0 Å². The lowest BCUT2D eigenvalue weighted by atomic mass is 10.0. The van der Waals surface area contributed by atoms with Crippen molar-refractivity contribution >= 4 is 37.5 Å². The van der Waals surface area contributed by atoms with E-state index < -0.39 is 0 Å². The summed E-state index contributed by atoms with van der Waals surface area (Å²) in [6.45, 7) is 2.25. The van der Waals surface area contributed by atoms with Crippen molar-refractivity contribution < 1.29 is 0 Å². The Morgan fingerprint density at radius 2 is 1.94 bits per heavy atom. The van der Waals surface area contributed by atoms with Crippen LogP contribution in [0, 0.1) is 0 Å². The van der Waals surface area contributed by atoms with Crippen LogP contribution in [0.2, 0.25) is 0 Å². The summed E-state index contributed by atoms with van der Waals surface area (Å²) in [6.07, 6.45) is 2.44. The Morgan fingerprint density at radius 1 is 1.25 bits per heavy atom. The number of rotatable bonds is 2. The molecule has 1 heterocycles. The van der Waals surface area contributed by atoms with E-state index in [0.717, 1.165) is 17.6 Å². The van der Waals surface area contributed by atoms with E-state index in [1.54, 1.807) is 0 Å². The van der Waals surface area contributed by atoms with Crippen LogP contribution in [-0.4, -0.2) is 26.2 Å². The van der Waals surface area contributed by atoms with Gasteiger partial charge in [0, 0.05) is 28.1 Å². The predicted octanol–water partition coefficient (Wildman–Crippen LogP) is 3.40. The summed E-state index contributed by atoms with van der Waals surface area (Å²) in [5.41, 5.74) is 1.30. The third-order valence-corrected chi connectivity index (χ3v) is 4.32. The molecule has 1 aliphatic rings. The summed E-state index contributed by atoms with van der Waals surface area (Å²) in [5, 5.41) is 3.35. The summed E-state index contributed by atoms with van der Waals surface area (Å²) in [6, 6.07) is 7.03. The fraction of sp³-hybridized carbons (Fsp3) is 0.500. The third-order valence-electron chi connectivity index (χ3n) is 3.15. The van der Waals surface area contributed by atoms with Gasteiger partial charge in [-0.3, -0.25) is 0 Å². The fourth-order valence-electron chi connectivity index (χ4n) is 2.14. The number of hydrogen-bond acceptors (Lipinski definition) is 2. The molecule has 1 fully saturated rings. The maximum Gasteiger partial charge on any atom is 0.0521 e. The third kappa shape index (κ3) is 2.79. The van der Waals surface area contributed by atoms with Crippen molar-refractivity contribution in [3.05, 3.63) is 27.1 Å². The normalized spacial score (nSPS) is 17.8. The van der Waals surface area contributed by atoms with Gasteiger partial charge in [0.2, 0.25) is 0 Å². The number of anilines is 1. The number of nitrogens with zero attached hydrogens (tertiary/aromatic N) is 1. The summed E-state index contributed by atoms with van der Waals surface area (Å²) in [5.74, 6) is 0. The SMILES string of the molecule is CNC1CCN(c2cc(Br)ccc2Br)CC1. The Labute approximate surface area is 114 Å². The van der Waals surface area contributed by atoms with Crippen LogP contribution in [0.25, 0.3) is 0 Å². The van der Waals surface area contributed by atoms with E-state index in [2.05, 4.69) is 67.3 Å². The molecule has 1 aromatic rings. The topological polar surface area (TPSA) is 15.3 Å². The van der Waals surface area contributed by atoms with Crippen LogP contribution in [0.15, 0.2) is 27.1 Å². The van der Waals surface area contributed by atoms with E-state index in [1.807, 2.05) is 0 Å². The standard InChI is InChI=1S/C12H16Br2N2/c1-15-10-4-6-16(7-5-10)12-8-9(13)2-3-11(12)14/h2-3,8,10,15H,4-7H2,1H3. The van der Waals surface area contributed by atoms with Gasteiger partial charge in [-0.1, -0.05) is 15.9 Å². The van der Waals surface area contributed by atoms with Gasteiger partial charge in [-0.05, 0) is 54.0 Å². The highest BCUT2D eigenvalue weighted by Crippen LogP contribution is 2.31. The lowest BCUT2D eigenvalue weighted by molar-refractivity contribution is 0.442. The molecule has 16 heavy (non-hydrogen) atoms. The molecule has 1 aromatic carbocycles. The van der Waals surface area contributed by atoms with Crippen LogP contribution < -0.4 is 10.2 Å². The molecule has 1 saturated heterocycles. The van der Waals surface area contributed by atoms with Crippen molar-refractivity contribution in [1.29, 1.82) is 0 Å². The molecule has 0 radical (unpaired) electrons. The van der Waals surface area contributed by atoms with Crippen LogP contribution in [0.3, 0.4) is 0 Å². The van der Waals surface area contributed by atoms with Crippen molar-refractivity contribution in [3.63, 3.8) is 0 Å². The summed E-state index contributed by atoms with van der Waals surface area (Å²) in [4.78, 5) is 2.45. The minimum atomic E-state index is 0.683. The smallest absolute Gasteiger partial charge is 0.0521 e. The second-order valence-corrected chi connectivity index (χ2v) is 5.92. The molecular weight excluding hydrogens is 332 g/mol. The maximum absolute atomic E-state index is 3.62. The second-order valence-electron chi connectivity index (χ2n) is 4.15. The quantitative estimate of drug-likeness (QED) is 0.882. The zero-order valence-electron chi connectivity index (χ0n) is 9.34. The molecule has 1 N–H and O–H groups in total. The van der Waals surface area contributed by atoms with E-state index >= 15 is 0 Å². The lowest BCUT2D eigenvalue weighted by Gasteiger charge is -2.34. The van der Waals surface area contributed by atoms with Crippen LogP contribution in [0.5, 0.6) is 0 Å². The van der Waals surface area contributed by atoms with E-state index in [0.29, 0.717) is 6.04 Å². The molecular formula is C12H16Br2N2. The van der Waals surface area contributed by atoms with Gasteiger partial charge >= 0.3 is 0 Å². The van der Waals surface area contributed by atoms with Gasteiger partial charge in [0.15, 0.2) is 0 Å². The molecule has 2 rings (SSSR count). The van der Waals surface area contributed by atoms with Gasteiger partial charge < -0.3 is 10.2 Å². The minimum absolute atomic E-state index is 0.683. The van der Waals surface area contributed by atoms with Gasteiger partial charge in [0.25, 0.3) is 0 Å². The maximum atomic E-state index is 3.62. The number of benzene rings is 1. The number of hydrogen-bond donors (Lipinski definition) is 1. The van der Waals surface area contributed by atoms with Crippen LogP contribution in [0.1, 0.15) is 12.8 Å². The van der Waals surface area contributed by atoms with Crippen LogP contribution in [-0.2, 0) is 0 Å². The molecule has 0 bridgehead atoms. The molecule has 1 aliphatic heterocycles. The van der Waals surface area contributed by atoms with Gasteiger partial charge in [-0.15, -0.1) is 0 Å². The molecule has 0 unspecified atom stereocenters. The molecule has 4 heteroatoms. The largest absolute Gasteiger partial charge is 0.370 e. The Morgan fingerprint density at radius 3 is 2.56 bits per heavy atom. The van der Waals surface area contributed by atoms with Gasteiger partial charge in [-0.25, -0.2) is 0 Å². The molecule has 0 saturated carbocycles. The summed E-state index contributed by atoms with van der Waals surface area (Å²) < 4.78 is 2.32. The van der Waals surface area contributed by atoms with Gasteiger partial charge in [0.05, 0.1) is 5.69 Å². The molecule has 0 aliphatic carbocycles. The first-order chi connectivity index (χ1) is 7.70. The molecule has 0 spiro atoms. The fourth-order valence-corrected chi connectivity index (χ4v) is 2.98. The van der Waals surface area contributed by atoms with E-state index in [1.165, 1.54) is 23.0 Å². The Kier molecular flexibility index (Phi) is 4.27. The van der Waals surface area contributed by atoms with E-state index in [9.17, 15) is 0 Å².